The first-order valence-electron chi connectivity index (χ1n) is 13.3. The molecular weight excluding hydrogens is 500 g/mol. The summed E-state index contributed by atoms with van der Waals surface area (Å²) >= 11 is 6.50. The van der Waals surface area contributed by atoms with E-state index in [9.17, 15) is 9.59 Å². The Morgan fingerprint density at radius 3 is 2.45 bits per heavy atom. The summed E-state index contributed by atoms with van der Waals surface area (Å²) in [7, 11) is 0. The lowest BCUT2D eigenvalue weighted by molar-refractivity contribution is -0.141. The molecule has 1 N–H and O–H groups in total. The number of unbranched alkanes of at least 4 members (excludes halogenated alkanes) is 1. The zero-order valence-corrected chi connectivity index (χ0v) is 22.6. The molecule has 0 saturated heterocycles. The fourth-order valence-electron chi connectivity index (χ4n) is 4.51. The Balaban J connectivity index is 1.58. The molecular formula is C31H35ClN2O4. The van der Waals surface area contributed by atoms with E-state index in [2.05, 4.69) is 12.2 Å². The predicted molar refractivity (Wildman–Crippen MR) is 150 cm³/mol. The van der Waals surface area contributed by atoms with Crippen molar-refractivity contribution < 1.29 is 19.1 Å². The molecule has 3 aromatic rings. The highest BCUT2D eigenvalue weighted by atomic mass is 35.5. The van der Waals surface area contributed by atoms with Gasteiger partial charge in [0.1, 0.15) is 19.3 Å². The molecule has 0 bridgehead atoms. The van der Waals surface area contributed by atoms with E-state index in [-0.39, 0.29) is 24.8 Å². The minimum Gasteiger partial charge on any atom is -0.486 e. The van der Waals surface area contributed by atoms with Gasteiger partial charge in [0, 0.05) is 31.0 Å². The van der Waals surface area contributed by atoms with Crippen LogP contribution in [-0.4, -0.2) is 42.5 Å². The van der Waals surface area contributed by atoms with Crippen LogP contribution < -0.4 is 14.8 Å². The molecule has 0 radical (unpaired) electrons. The van der Waals surface area contributed by atoms with E-state index in [4.69, 9.17) is 21.1 Å². The molecule has 38 heavy (non-hydrogen) atoms. The Hall–Kier alpha value is -3.51. The maximum absolute atomic E-state index is 13.8. The number of nitrogens with one attached hydrogen (secondary N) is 1. The molecule has 1 atom stereocenters. The Morgan fingerprint density at radius 1 is 0.947 bits per heavy atom. The van der Waals surface area contributed by atoms with Crippen molar-refractivity contribution >= 4 is 23.4 Å². The molecule has 2 amide bonds. The Morgan fingerprint density at radius 2 is 1.68 bits per heavy atom. The van der Waals surface area contributed by atoms with E-state index >= 15 is 0 Å². The van der Waals surface area contributed by atoms with E-state index in [0.717, 1.165) is 35.3 Å². The molecule has 3 aromatic carbocycles. The van der Waals surface area contributed by atoms with E-state index < -0.39 is 6.04 Å². The number of nitrogens with zero attached hydrogens (tertiary/aromatic N) is 1. The predicted octanol–water partition coefficient (Wildman–Crippen LogP) is 5.60. The molecule has 0 spiro atoms. The SMILES string of the molecule is CCCCNC(=O)[C@@H](Cc1ccccc1)N(Cc1ccccc1Cl)C(=O)CCc1ccc2c(c1)OCCO2. The summed E-state index contributed by atoms with van der Waals surface area (Å²) in [4.78, 5) is 29.0. The third-order valence-electron chi connectivity index (χ3n) is 6.63. The molecule has 0 unspecified atom stereocenters. The minimum absolute atomic E-state index is 0.105. The van der Waals surface area contributed by atoms with Crippen molar-refractivity contribution in [3.63, 3.8) is 0 Å². The Labute approximate surface area is 229 Å². The van der Waals surface area contributed by atoms with Gasteiger partial charge >= 0.3 is 0 Å². The van der Waals surface area contributed by atoms with Crippen LogP contribution in [0.4, 0.5) is 0 Å². The average Bonchev–Trinajstić information content (AvgIpc) is 2.95. The number of hydrogen-bond donors (Lipinski definition) is 1. The third-order valence-corrected chi connectivity index (χ3v) is 7.00. The second-order valence-corrected chi connectivity index (χ2v) is 9.85. The lowest BCUT2D eigenvalue weighted by atomic mass is 10.0. The van der Waals surface area contributed by atoms with Gasteiger partial charge in [-0.05, 0) is 47.7 Å². The molecule has 1 heterocycles. The largest absolute Gasteiger partial charge is 0.486 e. The topological polar surface area (TPSA) is 67.9 Å². The van der Waals surface area contributed by atoms with Gasteiger partial charge in [0.05, 0.1) is 0 Å². The van der Waals surface area contributed by atoms with Gasteiger partial charge in [-0.25, -0.2) is 0 Å². The molecule has 0 aromatic heterocycles. The van der Waals surface area contributed by atoms with Crippen LogP contribution in [0.1, 0.15) is 42.9 Å². The highest BCUT2D eigenvalue weighted by molar-refractivity contribution is 6.31. The Kier molecular flexibility index (Phi) is 10.0. The second-order valence-electron chi connectivity index (χ2n) is 9.44. The number of halogens is 1. The summed E-state index contributed by atoms with van der Waals surface area (Å²) in [5.41, 5.74) is 2.78. The number of rotatable bonds is 12. The first-order chi connectivity index (χ1) is 18.5. The number of aryl methyl sites for hydroxylation is 1. The van der Waals surface area contributed by atoms with Gasteiger partial charge in [0.15, 0.2) is 11.5 Å². The van der Waals surface area contributed by atoms with Crippen LogP contribution in [0.3, 0.4) is 0 Å². The second kappa shape index (κ2) is 13.9. The van der Waals surface area contributed by atoms with Gasteiger partial charge < -0.3 is 19.7 Å². The van der Waals surface area contributed by atoms with Crippen LogP contribution in [0.25, 0.3) is 0 Å². The van der Waals surface area contributed by atoms with Crippen molar-refractivity contribution in [3.8, 4) is 11.5 Å². The molecule has 1 aliphatic rings. The lowest BCUT2D eigenvalue weighted by Crippen LogP contribution is -2.50. The molecule has 0 saturated carbocycles. The first kappa shape index (κ1) is 27.5. The number of fused-ring (bicyclic) bond motifs is 1. The molecule has 0 aliphatic carbocycles. The molecule has 6 nitrogen and oxygen atoms in total. The van der Waals surface area contributed by atoms with Gasteiger partial charge in [0.2, 0.25) is 11.8 Å². The summed E-state index contributed by atoms with van der Waals surface area (Å²) in [6.45, 7) is 3.95. The van der Waals surface area contributed by atoms with Crippen molar-refractivity contribution in [2.75, 3.05) is 19.8 Å². The zero-order chi connectivity index (χ0) is 26.7. The van der Waals surface area contributed by atoms with E-state index in [1.807, 2.05) is 72.8 Å². The quantitative estimate of drug-likeness (QED) is 0.307. The van der Waals surface area contributed by atoms with E-state index in [1.165, 1.54) is 0 Å². The fourth-order valence-corrected chi connectivity index (χ4v) is 4.70. The number of benzene rings is 3. The average molecular weight is 535 g/mol. The molecule has 0 fully saturated rings. The molecule has 4 rings (SSSR count). The first-order valence-corrected chi connectivity index (χ1v) is 13.7. The summed E-state index contributed by atoms with van der Waals surface area (Å²) < 4.78 is 11.3. The highest BCUT2D eigenvalue weighted by Crippen LogP contribution is 2.31. The summed E-state index contributed by atoms with van der Waals surface area (Å²) in [5, 5.41) is 3.62. The number of hydrogen-bond acceptors (Lipinski definition) is 4. The summed E-state index contributed by atoms with van der Waals surface area (Å²) in [5.74, 6) is 1.16. The lowest BCUT2D eigenvalue weighted by Gasteiger charge is -2.32. The monoisotopic (exact) mass is 534 g/mol. The maximum Gasteiger partial charge on any atom is 0.243 e. The van der Waals surface area contributed by atoms with Gasteiger partial charge in [0.25, 0.3) is 0 Å². The molecule has 7 heteroatoms. The summed E-state index contributed by atoms with van der Waals surface area (Å²) in [6, 6.07) is 22.4. The number of carbonyl (C=O) groups is 2. The smallest absolute Gasteiger partial charge is 0.243 e. The van der Waals surface area contributed by atoms with Gasteiger partial charge in [-0.3, -0.25) is 9.59 Å². The number of carbonyl (C=O) groups excluding carboxylic acids is 2. The van der Waals surface area contributed by atoms with Crippen molar-refractivity contribution in [1.82, 2.24) is 10.2 Å². The van der Waals surface area contributed by atoms with Crippen molar-refractivity contribution in [1.29, 1.82) is 0 Å². The minimum atomic E-state index is -0.668. The maximum atomic E-state index is 13.8. The summed E-state index contributed by atoms with van der Waals surface area (Å²) in [6.07, 6.45) is 3.04. The normalized spacial score (nSPS) is 13.0. The number of amides is 2. The van der Waals surface area contributed by atoms with Crippen molar-refractivity contribution in [2.45, 2.75) is 51.6 Å². The van der Waals surface area contributed by atoms with Crippen LogP contribution in [0.2, 0.25) is 5.02 Å². The van der Waals surface area contributed by atoms with Crippen LogP contribution in [-0.2, 0) is 29.0 Å². The zero-order valence-electron chi connectivity index (χ0n) is 21.8. The third kappa shape index (κ3) is 7.51. The molecule has 200 valence electrons. The van der Waals surface area contributed by atoms with Gasteiger partial charge in [-0.2, -0.15) is 0 Å². The highest BCUT2D eigenvalue weighted by Gasteiger charge is 2.30. The van der Waals surface area contributed by atoms with Gasteiger partial charge in [-0.1, -0.05) is 79.5 Å². The van der Waals surface area contributed by atoms with Crippen LogP contribution in [0, 0.1) is 0 Å². The van der Waals surface area contributed by atoms with Gasteiger partial charge in [-0.15, -0.1) is 0 Å². The fraction of sp³-hybridized carbons (Fsp3) is 0.355. The molecule has 1 aliphatic heterocycles. The van der Waals surface area contributed by atoms with Crippen molar-refractivity contribution in [3.05, 3.63) is 94.5 Å². The number of ether oxygens (including phenoxy) is 2. The van der Waals surface area contributed by atoms with Crippen LogP contribution >= 0.6 is 11.6 Å². The van der Waals surface area contributed by atoms with Crippen molar-refractivity contribution in [2.24, 2.45) is 0 Å². The Bertz CT molecular complexity index is 1220. The van der Waals surface area contributed by atoms with Crippen LogP contribution in [0.15, 0.2) is 72.8 Å². The van der Waals surface area contributed by atoms with Crippen LogP contribution in [0.5, 0.6) is 11.5 Å². The van der Waals surface area contributed by atoms with E-state index in [0.29, 0.717) is 43.4 Å². The standard InChI is InChI=1S/C31H35ClN2O4/c1-2-3-17-33-31(36)27(20-23-9-5-4-6-10-23)34(22-25-11-7-8-12-26(25)32)30(35)16-14-24-13-15-28-29(21-24)38-19-18-37-28/h4-13,15,21,27H,2-3,14,16-20,22H2,1H3,(H,33,36)/t27-/m1/s1. The van der Waals surface area contributed by atoms with E-state index in [1.54, 1.807) is 4.90 Å².